The fourth-order valence-corrected chi connectivity index (χ4v) is 5.16. The van der Waals surface area contributed by atoms with E-state index in [1.165, 1.54) is 22.5 Å². The number of rotatable bonds is 3. The minimum Gasteiger partial charge on any atom is -0.207 e. The van der Waals surface area contributed by atoms with Gasteiger partial charge < -0.3 is 0 Å². The fourth-order valence-electron chi connectivity index (χ4n) is 3.18. The summed E-state index contributed by atoms with van der Waals surface area (Å²) in [6.45, 7) is 0.427. The minimum atomic E-state index is -3.69. The highest BCUT2D eigenvalue weighted by Crippen LogP contribution is 2.35. The van der Waals surface area contributed by atoms with E-state index < -0.39 is 10.0 Å². The molecule has 0 N–H and O–H groups in total. The maximum atomic E-state index is 13.6. The molecular weight excluding hydrogens is 349 g/mol. The van der Waals surface area contributed by atoms with E-state index in [2.05, 4.69) is 0 Å². The lowest BCUT2D eigenvalue weighted by atomic mass is 10.0. The van der Waals surface area contributed by atoms with Crippen LogP contribution < -0.4 is 0 Å². The number of hydrogen-bond donors (Lipinski definition) is 0. The highest BCUT2D eigenvalue weighted by atomic mass is 35.5. The lowest BCUT2D eigenvalue weighted by molar-refractivity contribution is 0.328. The zero-order valence-corrected chi connectivity index (χ0v) is 14.7. The zero-order valence-electron chi connectivity index (χ0n) is 13.2. The third kappa shape index (κ3) is 3.63. The molecule has 1 heterocycles. The zero-order chi connectivity index (χ0) is 17.2. The molecule has 1 aliphatic heterocycles. The molecule has 1 aliphatic rings. The average Bonchev–Trinajstić information content (AvgIpc) is 2.81. The van der Waals surface area contributed by atoms with Crippen molar-refractivity contribution in [3.05, 3.63) is 64.9 Å². The van der Waals surface area contributed by atoms with Gasteiger partial charge in [0.2, 0.25) is 10.0 Å². The van der Waals surface area contributed by atoms with Crippen LogP contribution in [-0.2, 0) is 10.0 Å². The summed E-state index contributed by atoms with van der Waals surface area (Å²) >= 11 is 5.96. The van der Waals surface area contributed by atoms with Crippen molar-refractivity contribution >= 4 is 21.6 Å². The summed E-state index contributed by atoms with van der Waals surface area (Å²) in [6.07, 6.45) is 3.37. The molecule has 1 fully saturated rings. The summed E-state index contributed by atoms with van der Waals surface area (Å²) < 4.78 is 41.4. The molecule has 0 aromatic heterocycles. The van der Waals surface area contributed by atoms with E-state index in [9.17, 15) is 12.8 Å². The van der Waals surface area contributed by atoms with Gasteiger partial charge in [-0.2, -0.15) is 4.31 Å². The molecule has 0 bridgehead atoms. The Kier molecular flexibility index (Phi) is 5.23. The molecule has 6 heteroatoms. The lowest BCUT2D eigenvalue weighted by Gasteiger charge is -2.29. The molecule has 1 atom stereocenters. The van der Waals surface area contributed by atoms with E-state index in [0.717, 1.165) is 19.3 Å². The van der Waals surface area contributed by atoms with Crippen molar-refractivity contribution in [2.24, 2.45) is 0 Å². The van der Waals surface area contributed by atoms with Crippen LogP contribution in [0.4, 0.5) is 4.39 Å². The van der Waals surface area contributed by atoms with Gasteiger partial charge >= 0.3 is 0 Å². The van der Waals surface area contributed by atoms with Crippen molar-refractivity contribution in [3.8, 4) is 0 Å². The second-order valence-electron chi connectivity index (χ2n) is 5.99. The number of sulfonamides is 1. The Morgan fingerprint density at radius 2 is 1.83 bits per heavy atom. The van der Waals surface area contributed by atoms with Gasteiger partial charge in [-0.3, -0.25) is 0 Å². The molecule has 0 unspecified atom stereocenters. The topological polar surface area (TPSA) is 37.4 Å². The number of benzene rings is 2. The van der Waals surface area contributed by atoms with Gasteiger partial charge in [-0.05, 0) is 48.7 Å². The van der Waals surface area contributed by atoms with Crippen LogP contribution in [0, 0.1) is 5.82 Å². The van der Waals surface area contributed by atoms with Crippen molar-refractivity contribution in [1.82, 2.24) is 4.31 Å². The summed E-state index contributed by atoms with van der Waals surface area (Å²) in [6, 6.07) is 12.1. The monoisotopic (exact) mass is 367 g/mol. The van der Waals surface area contributed by atoms with Gasteiger partial charge in [-0.15, -0.1) is 0 Å². The van der Waals surface area contributed by atoms with Crippen LogP contribution >= 0.6 is 11.6 Å². The van der Waals surface area contributed by atoms with Crippen molar-refractivity contribution in [1.29, 1.82) is 0 Å². The minimum absolute atomic E-state index is 0.179. The Morgan fingerprint density at radius 3 is 2.58 bits per heavy atom. The SMILES string of the molecule is O=S(=O)(c1cccc(Cl)c1)N1CCCCC[C@@H]1c1cccc(F)c1. The maximum Gasteiger partial charge on any atom is 0.243 e. The largest absolute Gasteiger partial charge is 0.243 e. The Bertz CT molecular complexity index is 825. The molecule has 3 rings (SSSR count). The van der Waals surface area contributed by atoms with E-state index in [1.54, 1.807) is 30.3 Å². The number of hydrogen-bond acceptors (Lipinski definition) is 2. The van der Waals surface area contributed by atoms with Gasteiger partial charge in [0.15, 0.2) is 0 Å². The molecule has 0 radical (unpaired) electrons. The number of halogens is 2. The van der Waals surface area contributed by atoms with Crippen LogP contribution in [0.1, 0.15) is 37.3 Å². The van der Waals surface area contributed by atoms with E-state index in [1.807, 2.05) is 0 Å². The molecule has 0 amide bonds. The fraction of sp³-hybridized carbons (Fsp3) is 0.333. The molecule has 24 heavy (non-hydrogen) atoms. The van der Waals surface area contributed by atoms with Crippen molar-refractivity contribution in [2.75, 3.05) is 6.54 Å². The van der Waals surface area contributed by atoms with Crippen LogP contribution in [0.5, 0.6) is 0 Å². The molecular formula is C18H19ClFNO2S. The van der Waals surface area contributed by atoms with Gasteiger partial charge in [-0.1, -0.05) is 42.6 Å². The standard InChI is InChI=1S/C18H19ClFNO2S/c19-15-7-5-9-17(13-15)24(22,23)21-11-3-1-2-10-18(21)14-6-4-8-16(20)12-14/h4-9,12-13,18H,1-3,10-11H2/t18-/m1/s1. The van der Waals surface area contributed by atoms with Gasteiger partial charge in [0.1, 0.15) is 5.82 Å². The Balaban J connectivity index is 2.04. The first kappa shape index (κ1) is 17.4. The van der Waals surface area contributed by atoms with Crippen molar-refractivity contribution in [2.45, 2.75) is 36.6 Å². The predicted octanol–water partition coefficient (Wildman–Crippen LogP) is 4.79. The van der Waals surface area contributed by atoms with Gasteiger partial charge in [0, 0.05) is 11.6 Å². The predicted molar refractivity (Wildman–Crippen MR) is 93.0 cm³/mol. The van der Waals surface area contributed by atoms with Gasteiger partial charge in [0.25, 0.3) is 0 Å². The van der Waals surface area contributed by atoms with Crippen LogP contribution in [0.3, 0.4) is 0 Å². The van der Waals surface area contributed by atoms with E-state index >= 15 is 0 Å². The molecule has 0 saturated carbocycles. The summed E-state index contributed by atoms with van der Waals surface area (Å²) in [5.74, 6) is -0.350. The summed E-state index contributed by atoms with van der Waals surface area (Å²) in [4.78, 5) is 0.179. The van der Waals surface area contributed by atoms with E-state index in [0.29, 0.717) is 23.6 Å². The van der Waals surface area contributed by atoms with E-state index in [4.69, 9.17) is 11.6 Å². The first-order chi connectivity index (χ1) is 11.5. The summed E-state index contributed by atoms with van der Waals surface area (Å²) in [5, 5.41) is 0.383. The molecule has 0 aliphatic carbocycles. The average molecular weight is 368 g/mol. The quantitative estimate of drug-likeness (QED) is 0.782. The van der Waals surface area contributed by atoms with E-state index in [-0.39, 0.29) is 16.8 Å². The van der Waals surface area contributed by atoms with Crippen molar-refractivity contribution in [3.63, 3.8) is 0 Å². The third-order valence-electron chi connectivity index (χ3n) is 4.34. The molecule has 2 aromatic carbocycles. The van der Waals surface area contributed by atoms with Crippen LogP contribution in [0.25, 0.3) is 0 Å². The van der Waals surface area contributed by atoms with Gasteiger partial charge in [0.05, 0.1) is 10.9 Å². The summed E-state index contributed by atoms with van der Waals surface area (Å²) in [7, 11) is -3.69. The molecule has 2 aromatic rings. The van der Waals surface area contributed by atoms with Crippen LogP contribution in [0.2, 0.25) is 5.02 Å². The highest BCUT2D eigenvalue weighted by molar-refractivity contribution is 7.89. The number of nitrogens with zero attached hydrogens (tertiary/aromatic N) is 1. The second-order valence-corrected chi connectivity index (χ2v) is 8.32. The summed E-state index contributed by atoms with van der Waals surface area (Å²) in [5.41, 5.74) is 0.697. The Hall–Kier alpha value is -1.43. The lowest BCUT2D eigenvalue weighted by Crippen LogP contribution is -2.34. The molecule has 0 spiro atoms. The highest BCUT2D eigenvalue weighted by Gasteiger charge is 2.33. The van der Waals surface area contributed by atoms with Crippen molar-refractivity contribution < 1.29 is 12.8 Å². The van der Waals surface area contributed by atoms with Gasteiger partial charge in [-0.25, -0.2) is 12.8 Å². The first-order valence-electron chi connectivity index (χ1n) is 8.01. The molecule has 3 nitrogen and oxygen atoms in total. The Labute approximate surface area is 147 Å². The van der Waals surface area contributed by atoms with Crippen LogP contribution in [-0.4, -0.2) is 19.3 Å². The second kappa shape index (κ2) is 7.21. The molecule has 1 saturated heterocycles. The third-order valence-corrected chi connectivity index (χ3v) is 6.48. The maximum absolute atomic E-state index is 13.6. The Morgan fingerprint density at radius 1 is 1.04 bits per heavy atom. The smallest absolute Gasteiger partial charge is 0.207 e. The van der Waals surface area contributed by atoms with Crippen LogP contribution in [0.15, 0.2) is 53.4 Å². The first-order valence-corrected chi connectivity index (χ1v) is 9.83. The molecule has 128 valence electrons. The normalized spacial score (nSPS) is 19.8.